The molecule has 14 heavy (non-hydrogen) atoms. The molecule has 0 bridgehead atoms. The highest BCUT2D eigenvalue weighted by Gasteiger charge is 2.09. The molecule has 1 N–H and O–H groups in total. The fraction of sp³-hybridized carbons (Fsp3) is 0.889. The number of hydrogen-bond acceptors (Lipinski definition) is 4. The summed E-state index contributed by atoms with van der Waals surface area (Å²) in [6, 6.07) is 0. The lowest BCUT2D eigenvalue weighted by Gasteiger charge is -2.12. The topological polar surface area (TPSA) is 55.6 Å². The number of nitrogens with zero attached hydrogens (tertiary/aromatic N) is 4. The molecule has 5 heteroatoms. The van der Waals surface area contributed by atoms with E-state index in [0.29, 0.717) is 5.92 Å². The van der Waals surface area contributed by atoms with Crippen molar-refractivity contribution in [3.63, 3.8) is 0 Å². The van der Waals surface area contributed by atoms with Gasteiger partial charge in [0.25, 0.3) is 0 Å². The number of aromatic nitrogens is 4. The van der Waals surface area contributed by atoms with Gasteiger partial charge in [0.05, 0.1) is 6.54 Å². The molecule has 0 radical (unpaired) electrons. The van der Waals surface area contributed by atoms with Gasteiger partial charge in [-0.1, -0.05) is 26.7 Å². The first-order valence-electron chi connectivity index (χ1n) is 5.21. The Morgan fingerprint density at radius 2 is 2.07 bits per heavy atom. The van der Waals surface area contributed by atoms with E-state index in [-0.39, 0.29) is 0 Å². The Bertz CT molecular complexity index is 253. The van der Waals surface area contributed by atoms with Gasteiger partial charge in [-0.3, -0.25) is 0 Å². The van der Waals surface area contributed by atoms with Crippen molar-refractivity contribution in [2.75, 3.05) is 7.05 Å². The Morgan fingerprint density at radius 1 is 1.36 bits per heavy atom. The molecule has 0 amide bonds. The zero-order chi connectivity index (χ0) is 10.4. The highest BCUT2D eigenvalue weighted by Crippen LogP contribution is 2.10. The molecule has 1 aromatic rings. The second-order valence-electron chi connectivity index (χ2n) is 3.49. The zero-order valence-corrected chi connectivity index (χ0v) is 9.19. The summed E-state index contributed by atoms with van der Waals surface area (Å²) in [5.74, 6) is 1.59. The van der Waals surface area contributed by atoms with Crippen LogP contribution in [0, 0.1) is 5.92 Å². The van der Waals surface area contributed by atoms with E-state index in [2.05, 4.69) is 34.7 Å². The van der Waals surface area contributed by atoms with Crippen LogP contribution >= 0.6 is 0 Å². The van der Waals surface area contributed by atoms with E-state index in [4.69, 9.17) is 0 Å². The Morgan fingerprint density at radius 3 is 2.64 bits per heavy atom. The molecule has 0 spiro atoms. The fourth-order valence-corrected chi connectivity index (χ4v) is 1.44. The van der Waals surface area contributed by atoms with Crippen LogP contribution in [-0.4, -0.2) is 27.3 Å². The zero-order valence-electron chi connectivity index (χ0n) is 9.19. The molecule has 0 aliphatic rings. The van der Waals surface area contributed by atoms with E-state index in [9.17, 15) is 0 Å². The summed E-state index contributed by atoms with van der Waals surface area (Å²) in [5, 5.41) is 14.7. The Balaban J connectivity index is 2.60. The lowest BCUT2D eigenvalue weighted by atomic mass is 10.0. The maximum Gasteiger partial charge on any atom is 0.165 e. The standard InChI is InChI=1S/C9H19N5/c1-4-8(5-2)7-14-9(6-10-3)11-12-13-14/h8,10H,4-7H2,1-3H3. The third kappa shape index (κ3) is 2.77. The molecule has 0 aromatic carbocycles. The number of rotatable bonds is 6. The van der Waals surface area contributed by atoms with Crippen molar-refractivity contribution in [2.24, 2.45) is 5.92 Å². The predicted molar refractivity (Wildman–Crippen MR) is 54.7 cm³/mol. The first-order valence-corrected chi connectivity index (χ1v) is 5.21. The van der Waals surface area contributed by atoms with E-state index in [1.807, 2.05) is 11.7 Å². The Hall–Kier alpha value is -0.970. The van der Waals surface area contributed by atoms with Crippen molar-refractivity contribution in [3.8, 4) is 0 Å². The lowest BCUT2D eigenvalue weighted by molar-refractivity contribution is 0.380. The first kappa shape index (κ1) is 11.1. The van der Waals surface area contributed by atoms with E-state index >= 15 is 0 Å². The summed E-state index contributed by atoms with van der Waals surface area (Å²) in [4.78, 5) is 0. The van der Waals surface area contributed by atoms with Gasteiger partial charge in [-0.2, -0.15) is 0 Å². The second-order valence-corrected chi connectivity index (χ2v) is 3.49. The summed E-state index contributed by atoms with van der Waals surface area (Å²) in [6.45, 7) is 6.07. The number of nitrogens with one attached hydrogen (secondary N) is 1. The average Bonchev–Trinajstić information content (AvgIpc) is 2.62. The smallest absolute Gasteiger partial charge is 0.165 e. The molecule has 0 unspecified atom stereocenters. The van der Waals surface area contributed by atoms with Crippen molar-refractivity contribution in [1.82, 2.24) is 25.5 Å². The minimum Gasteiger partial charge on any atom is -0.313 e. The van der Waals surface area contributed by atoms with Crippen molar-refractivity contribution in [1.29, 1.82) is 0 Å². The van der Waals surface area contributed by atoms with Gasteiger partial charge in [0, 0.05) is 6.54 Å². The minimum atomic E-state index is 0.675. The fourth-order valence-electron chi connectivity index (χ4n) is 1.44. The van der Waals surface area contributed by atoms with E-state index in [0.717, 1.165) is 18.9 Å². The van der Waals surface area contributed by atoms with Crippen LogP contribution in [0.1, 0.15) is 32.5 Å². The number of tetrazole rings is 1. The van der Waals surface area contributed by atoms with Crippen molar-refractivity contribution < 1.29 is 0 Å². The van der Waals surface area contributed by atoms with Crippen LogP contribution < -0.4 is 5.32 Å². The molecule has 80 valence electrons. The van der Waals surface area contributed by atoms with Crippen LogP contribution in [0.15, 0.2) is 0 Å². The highest BCUT2D eigenvalue weighted by atomic mass is 15.5. The summed E-state index contributed by atoms with van der Waals surface area (Å²) in [5.41, 5.74) is 0. The Labute approximate surface area is 84.9 Å². The van der Waals surface area contributed by atoms with Crippen molar-refractivity contribution in [2.45, 2.75) is 39.8 Å². The molecular formula is C9H19N5. The summed E-state index contributed by atoms with van der Waals surface area (Å²) < 4.78 is 1.90. The summed E-state index contributed by atoms with van der Waals surface area (Å²) >= 11 is 0. The van der Waals surface area contributed by atoms with Crippen LogP contribution in [0.4, 0.5) is 0 Å². The summed E-state index contributed by atoms with van der Waals surface area (Å²) in [6.07, 6.45) is 2.35. The van der Waals surface area contributed by atoms with E-state index in [1.54, 1.807) is 0 Å². The van der Waals surface area contributed by atoms with Crippen LogP contribution in [0.5, 0.6) is 0 Å². The predicted octanol–water partition coefficient (Wildman–Crippen LogP) is 0.829. The normalized spacial score (nSPS) is 11.1. The molecule has 0 saturated carbocycles. The van der Waals surface area contributed by atoms with Gasteiger partial charge in [-0.05, 0) is 23.4 Å². The quantitative estimate of drug-likeness (QED) is 0.734. The van der Waals surface area contributed by atoms with Crippen LogP contribution in [0.3, 0.4) is 0 Å². The lowest BCUT2D eigenvalue weighted by Crippen LogP contribution is -2.17. The van der Waals surface area contributed by atoms with Crippen LogP contribution in [-0.2, 0) is 13.1 Å². The largest absolute Gasteiger partial charge is 0.313 e. The van der Waals surface area contributed by atoms with Crippen molar-refractivity contribution >= 4 is 0 Å². The molecule has 0 saturated heterocycles. The molecule has 5 nitrogen and oxygen atoms in total. The van der Waals surface area contributed by atoms with Gasteiger partial charge in [0.2, 0.25) is 0 Å². The van der Waals surface area contributed by atoms with Crippen LogP contribution in [0.2, 0.25) is 0 Å². The number of hydrogen-bond donors (Lipinski definition) is 1. The molecule has 0 aliphatic carbocycles. The maximum atomic E-state index is 3.99. The van der Waals surface area contributed by atoms with Crippen LogP contribution in [0.25, 0.3) is 0 Å². The maximum absolute atomic E-state index is 3.99. The second kappa shape index (κ2) is 5.70. The Kier molecular flexibility index (Phi) is 4.52. The minimum absolute atomic E-state index is 0.675. The van der Waals surface area contributed by atoms with Gasteiger partial charge in [0.15, 0.2) is 5.82 Å². The van der Waals surface area contributed by atoms with E-state index in [1.165, 1.54) is 12.8 Å². The third-order valence-corrected chi connectivity index (χ3v) is 2.53. The summed E-state index contributed by atoms with van der Waals surface area (Å²) in [7, 11) is 1.90. The van der Waals surface area contributed by atoms with Gasteiger partial charge in [-0.15, -0.1) is 5.10 Å². The molecule has 0 aliphatic heterocycles. The third-order valence-electron chi connectivity index (χ3n) is 2.53. The molecule has 1 heterocycles. The van der Waals surface area contributed by atoms with Gasteiger partial charge in [0.1, 0.15) is 0 Å². The van der Waals surface area contributed by atoms with Gasteiger partial charge in [-0.25, -0.2) is 4.68 Å². The molecule has 0 fully saturated rings. The molecule has 0 atom stereocenters. The first-order chi connectivity index (χ1) is 6.81. The van der Waals surface area contributed by atoms with Gasteiger partial charge >= 0.3 is 0 Å². The molecular weight excluding hydrogens is 178 g/mol. The monoisotopic (exact) mass is 197 g/mol. The molecule has 1 aromatic heterocycles. The van der Waals surface area contributed by atoms with Crippen molar-refractivity contribution in [3.05, 3.63) is 5.82 Å². The highest BCUT2D eigenvalue weighted by molar-refractivity contribution is 4.79. The molecule has 1 rings (SSSR count). The average molecular weight is 197 g/mol. The SMILES string of the molecule is CCC(CC)Cn1nnnc1CNC. The van der Waals surface area contributed by atoms with Gasteiger partial charge < -0.3 is 5.32 Å². The van der Waals surface area contributed by atoms with E-state index < -0.39 is 0 Å².